The van der Waals surface area contributed by atoms with Gasteiger partial charge in [0.25, 0.3) is 0 Å². The van der Waals surface area contributed by atoms with Gasteiger partial charge in [-0.05, 0) is 60.7 Å². The quantitative estimate of drug-likeness (QED) is 0.551. The maximum atomic E-state index is 13.5. The number of rotatable bonds is 6. The largest absolute Gasteiger partial charge is 0.378 e. The van der Waals surface area contributed by atoms with E-state index in [9.17, 15) is 26.0 Å². The molecule has 2 aliphatic heterocycles. The van der Waals surface area contributed by atoms with Crippen molar-refractivity contribution in [2.24, 2.45) is 0 Å². The minimum absolute atomic E-state index is 0.0644. The van der Waals surface area contributed by atoms with Crippen molar-refractivity contribution in [1.29, 1.82) is 0 Å². The third kappa shape index (κ3) is 6.14. The lowest BCUT2D eigenvalue weighted by atomic mass is 10.0. The maximum absolute atomic E-state index is 13.5. The van der Waals surface area contributed by atoms with Crippen LogP contribution in [-0.4, -0.2) is 78.1 Å². The van der Waals surface area contributed by atoms with Crippen LogP contribution in [0, 0.1) is 5.82 Å². The highest BCUT2D eigenvalue weighted by atomic mass is 32.2. The molecule has 2 fully saturated rings. The molecule has 37 heavy (non-hydrogen) atoms. The van der Waals surface area contributed by atoms with Crippen molar-refractivity contribution in [3.8, 4) is 0 Å². The highest BCUT2D eigenvalue weighted by molar-refractivity contribution is 7.91. The van der Waals surface area contributed by atoms with Crippen molar-refractivity contribution in [3.05, 3.63) is 53.8 Å². The molecule has 2 aromatic rings. The molecule has 2 saturated heterocycles. The topological polar surface area (TPSA) is 113 Å². The molecular weight excluding hydrogens is 521 g/mol. The number of urea groups is 1. The van der Waals surface area contributed by atoms with Gasteiger partial charge in [-0.2, -0.15) is 0 Å². The fourth-order valence-corrected chi connectivity index (χ4v) is 7.63. The Kier molecular flexibility index (Phi) is 8.22. The first-order valence-electron chi connectivity index (χ1n) is 12.3. The number of likely N-dealkylation sites (tertiary alicyclic amines) is 1. The Morgan fingerprint density at radius 1 is 0.919 bits per heavy atom. The molecule has 0 saturated carbocycles. The van der Waals surface area contributed by atoms with Gasteiger partial charge in [-0.1, -0.05) is 19.9 Å². The van der Waals surface area contributed by atoms with Gasteiger partial charge in [0.2, 0.25) is 19.9 Å². The molecule has 0 atom stereocenters. The first-order chi connectivity index (χ1) is 17.5. The third-order valence-corrected chi connectivity index (χ3v) is 10.0. The summed E-state index contributed by atoms with van der Waals surface area (Å²) < 4.78 is 74.6. The predicted octanol–water partition coefficient (Wildman–Crippen LogP) is 2.98. The summed E-state index contributed by atoms with van der Waals surface area (Å²) in [5.41, 5.74) is 0.491. The van der Waals surface area contributed by atoms with E-state index in [4.69, 9.17) is 4.74 Å². The number of nitrogens with zero attached hydrogens (tertiary/aromatic N) is 2. The molecule has 0 radical (unpaired) electrons. The van der Waals surface area contributed by atoms with E-state index in [2.05, 4.69) is 4.72 Å². The second kappa shape index (κ2) is 11.1. The molecule has 0 aliphatic carbocycles. The number of carbonyl (C=O) groups excluding carboxylic acids is 1. The van der Waals surface area contributed by atoms with E-state index in [0.717, 1.165) is 24.3 Å². The van der Waals surface area contributed by atoms with Crippen LogP contribution >= 0.6 is 0 Å². The van der Waals surface area contributed by atoms with E-state index in [1.807, 2.05) is 13.8 Å². The first-order valence-corrected chi connectivity index (χ1v) is 15.2. The maximum Gasteiger partial charge on any atom is 0.320 e. The fraction of sp³-hybridized carbons (Fsp3) is 0.480. The van der Waals surface area contributed by atoms with E-state index in [0.29, 0.717) is 57.8 Å². The number of sulfone groups is 1. The number of hydrogen-bond acceptors (Lipinski definition) is 6. The standard InChI is InChI=1S/C25H32FN3O6S2/c1-18(2)23-8-7-22(36(31,32)21-5-3-19(26)4-6-21)17-24(23)37(33,34)27-20-9-11-28(12-10-20)25(30)29-13-15-35-16-14-29/h3-8,17-18,20,27H,9-16H2,1-2H3. The number of sulfonamides is 1. The summed E-state index contributed by atoms with van der Waals surface area (Å²) in [6.07, 6.45) is 0.889. The van der Waals surface area contributed by atoms with Gasteiger partial charge < -0.3 is 14.5 Å². The number of halogens is 1. The van der Waals surface area contributed by atoms with Gasteiger partial charge in [-0.15, -0.1) is 0 Å². The van der Waals surface area contributed by atoms with Crippen LogP contribution in [0.1, 0.15) is 38.2 Å². The lowest BCUT2D eigenvalue weighted by Gasteiger charge is -2.37. The number of carbonyl (C=O) groups is 1. The van der Waals surface area contributed by atoms with Crippen LogP contribution < -0.4 is 4.72 Å². The second-order valence-corrected chi connectivity index (χ2v) is 13.2. The van der Waals surface area contributed by atoms with Crippen molar-refractivity contribution in [2.75, 3.05) is 39.4 Å². The predicted molar refractivity (Wildman–Crippen MR) is 135 cm³/mol. The van der Waals surface area contributed by atoms with Crippen LogP contribution in [0.4, 0.5) is 9.18 Å². The van der Waals surface area contributed by atoms with E-state index in [1.54, 1.807) is 9.80 Å². The molecule has 202 valence electrons. The zero-order chi connectivity index (χ0) is 26.8. The smallest absolute Gasteiger partial charge is 0.320 e. The molecule has 4 rings (SSSR count). The van der Waals surface area contributed by atoms with Crippen LogP contribution in [0.15, 0.2) is 57.2 Å². The SMILES string of the molecule is CC(C)c1ccc(S(=O)(=O)c2ccc(F)cc2)cc1S(=O)(=O)NC1CCN(C(=O)N2CCOCC2)CC1. The Bertz CT molecular complexity index is 1330. The van der Waals surface area contributed by atoms with Crippen LogP contribution in [0.2, 0.25) is 0 Å². The van der Waals surface area contributed by atoms with Gasteiger partial charge >= 0.3 is 6.03 Å². The number of ether oxygens (including phenoxy) is 1. The van der Waals surface area contributed by atoms with E-state index in [1.165, 1.54) is 18.2 Å². The van der Waals surface area contributed by atoms with Gasteiger partial charge in [-0.3, -0.25) is 0 Å². The van der Waals surface area contributed by atoms with Crippen molar-refractivity contribution in [2.45, 2.75) is 53.3 Å². The Labute approximate surface area is 217 Å². The molecular formula is C25H32FN3O6S2. The van der Waals surface area contributed by atoms with Gasteiger partial charge in [-0.25, -0.2) is 30.7 Å². The Morgan fingerprint density at radius 3 is 2.08 bits per heavy atom. The van der Waals surface area contributed by atoms with E-state index < -0.39 is 31.7 Å². The first kappa shape index (κ1) is 27.5. The van der Waals surface area contributed by atoms with E-state index in [-0.39, 0.29) is 26.6 Å². The van der Waals surface area contributed by atoms with Crippen LogP contribution in [0.5, 0.6) is 0 Å². The number of benzene rings is 2. The average Bonchev–Trinajstić information content (AvgIpc) is 2.89. The van der Waals surface area contributed by atoms with Gasteiger partial charge in [0, 0.05) is 32.2 Å². The lowest BCUT2D eigenvalue weighted by molar-refractivity contribution is 0.0410. The normalized spacial score (nSPS) is 17.8. The molecule has 2 amide bonds. The summed E-state index contributed by atoms with van der Waals surface area (Å²) in [5, 5.41) is 0. The summed E-state index contributed by atoms with van der Waals surface area (Å²) in [4.78, 5) is 15.8. The van der Waals surface area contributed by atoms with Crippen LogP contribution in [0.3, 0.4) is 0 Å². The molecule has 2 heterocycles. The number of morpholine rings is 1. The van der Waals surface area contributed by atoms with Gasteiger partial charge in [0.1, 0.15) is 5.82 Å². The Morgan fingerprint density at radius 2 is 1.49 bits per heavy atom. The minimum atomic E-state index is -4.07. The minimum Gasteiger partial charge on any atom is -0.378 e. The molecule has 0 bridgehead atoms. The number of nitrogens with one attached hydrogen (secondary N) is 1. The average molecular weight is 554 g/mol. The van der Waals surface area contributed by atoms with Crippen LogP contribution in [0.25, 0.3) is 0 Å². The molecule has 1 N–H and O–H groups in total. The lowest BCUT2D eigenvalue weighted by Crippen LogP contribution is -2.52. The van der Waals surface area contributed by atoms with Gasteiger partial charge in [0.15, 0.2) is 0 Å². The van der Waals surface area contributed by atoms with Crippen molar-refractivity contribution < 1.29 is 30.8 Å². The monoisotopic (exact) mass is 553 g/mol. The van der Waals surface area contributed by atoms with Crippen molar-refractivity contribution in [1.82, 2.24) is 14.5 Å². The molecule has 2 aliphatic rings. The zero-order valence-corrected chi connectivity index (χ0v) is 22.5. The highest BCUT2D eigenvalue weighted by Crippen LogP contribution is 2.30. The molecule has 12 heteroatoms. The van der Waals surface area contributed by atoms with Crippen molar-refractivity contribution >= 4 is 25.9 Å². The number of amides is 2. The molecule has 0 aromatic heterocycles. The highest BCUT2D eigenvalue weighted by Gasteiger charge is 2.31. The number of hydrogen-bond donors (Lipinski definition) is 1. The summed E-state index contributed by atoms with van der Waals surface area (Å²) in [5.74, 6) is -0.749. The summed E-state index contributed by atoms with van der Waals surface area (Å²) in [6, 6.07) is 8.01. The molecule has 0 spiro atoms. The van der Waals surface area contributed by atoms with Gasteiger partial charge in [0.05, 0.1) is 27.9 Å². The van der Waals surface area contributed by atoms with Crippen LogP contribution in [-0.2, 0) is 24.6 Å². The third-order valence-electron chi connectivity index (χ3n) is 6.70. The Balaban J connectivity index is 1.52. The summed E-state index contributed by atoms with van der Waals surface area (Å²) >= 11 is 0. The summed E-state index contributed by atoms with van der Waals surface area (Å²) in [6.45, 7) is 6.60. The number of piperidine rings is 1. The molecule has 9 nitrogen and oxygen atoms in total. The zero-order valence-electron chi connectivity index (χ0n) is 20.9. The Hall–Kier alpha value is -2.54. The van der Waals surface area contributed by atoms with E-state index >= 15 is 0 Å². The second-order valence-electron chi connectivity index (χ2n) is 9.58. The van der Waals surface area contributed by atoms with Crippen molar-refractivity contribution in [3.63, 3.8) is 0 Å². The fourth-order valence-electron chi connectivity index (χ4n) is 4.57. The molecule has 2 aromatic carbocycles. The summed E-state index contributed by atoms with van der Waals surface area (Å²) in [7, 11) is -8.13. The molecule has 0 unspecified atom stereocenters.